The Labute approximate surface area is 125 Å². The van der Waals surface area contributed by atoms with Gasteiger partial charge in [-0.15, -0.1) is 0 Å². The predicted molar refractivity (Wildman–Crippen MR) is 76.3 cm³/mol. The van der Waals surface area contributed by atoms with E-state index in [4.69, 9.17) is 0 Å². The molecule has 1 aliphatic rings. The van der Waals surface area contributed by atoms with Gasteiger partial charge in [-0.25, -0.2) is 4.39 Å². The Kier molecular flexibility index (Phi) is 3.86. The lowest BCUT2D eigenvalue weighted by atomic mass is 9.95. The lowest BCUT2D eigenvalue weighted by Gasteiger charge is -2.43. The first kappa shape index (κ1) is 15.0. The molecule has 1 aromatic carbocycles. The van der Waals surface area contributed by atoms with Gasteiger partial charge in [0.25, 0.3) is 0 Å². The summed E-state index contributed by atoms with van der Waals surface area (Å²) in [5.41, 5.74) is -0.174. The zero-order chi connectivity index (χ0) is 15.1. The molecule has 108 valence electrons. The molecule has 0 spiro atoms. The largest absolute Gasteiger partial charge is 0.343 e. The predicted octanol–water partition coefficient (Wildman–Crippen LogP) is 2.21. The fourth-order valence-corrected chi connectivity index (χ4v) is 2.64. The van der Waals surface area contributed by atoms with Gasteiger partial charge >= 0.3 is 0 Å². The first-order chi connectivity index (χ1) is 9.23. The number of hydrogen-bond acceptors (Lipinski definition) is 2. The number of halogens is 2. The van der Waals surface area contributed by atoms with Crippen LogP contribution in [0.5, 0.6) is 0 Å². The Hall–Kier alpha value is -1.43. The van der Waals surface area contributed by atoms with Gasteiger partial charge < -0.3 is 10.2 Å². The summed E-state index contributed by atoms with van der Waals surface area (Å²) in [4.78, 5) is 25.8. The van der Waals surface area contributed by atoms with Crippen LogP contribution in [-0.2, 0) is 16.1 Å². The average Bonchev–Trinajstić information content (AvgIpc) is 2.35. The molecule has 0 bridgehead atoms. The molecule has 1 aliphatic heterocycles. The minimum Gasteiger partial charge on any atom is -0.343 e. The van der Waals surface area contributed by atoms with Crippen LogP contribution in [0.4, 0.5) is 4.39 Å². The van der Waals surface area contributed by atoms with Gasteiger partial charge in [-0.05, 0) is 38.5 Å². The van der Waals surface area contributed by atoms with Gasteiger partial charge in [0.05, 0.1) is 0 Å². The number of carbonyl (C=O) groups excluding carboxylic acids is 2. The number of hydrogen-bond donors (Lipinski definition) is 1. The van der Waals surface area contributed by atoms with Gasteiger partial charge in [0.15, 0.2) is 0 Å². The van der Waals surface area contributed by atoms with Crippen molar-refractivity contribution >= 4 is 27.7 Å². The summed E-state index contributed by atoms with van der Waals surface area (Å²) in [6.07, 6.45) is 0. The Balaban J connectivity index is 2.33. The number of carbonyl (C=O) groups is 2. The Bertz CT molecular complexity index is 574. The summed E-state index contributed by atoms with van der Waals surface area (Å²) in [6.45, 7) is 5.31. The second-order valence-corrected chi connectivity index (χ2v) is 6.27. The standard InChI is InChI=1S/C14H16BrFN2O2/c1-8-12(19)18(14(2,3)13(20)17-8)7-9-4-5-10(16)6-11(9)15/h4-6,8H,7H2,1-3H3,(H,17,20). The summed E-state index contributed by atoms with van der Waals surface area (Å²) < 4.78 is 13.7. The van der Waals surface area contributed by atoms with Crippen LogP contribution in [0, 0.1) is 5.82 Å². The first-order valence-electron chi connectivity index (χ1n) is 6.30. The van der Waals surface area contributed by atoms with Crippen LogP contribution in [-0.4, -0.2) is 28.3 Å². The molecule has 6 heteroatoms. The smallest absolute Gasteiger partial charge is 0.246 e. The van der Waals surface area contributed by atoms with Crippen LogP contribution < -0.4 is 5.32 Å². The molecule has 1 saturated heterocycles. The number of benzene rings is 1. The summed E-state index contributed by atoms with van der Waals surface area (Å²) in [6, 6.07) is 3.75. The SMILES string of the molecule is CC1NC(=O)C(C)(C)N(Cc2ccc(F)cc2Br)C1=O. The Morgan fingerprint density at radius 1 is 1.40 bits per heavy atom. The molecule has 1 fully saturated rings. The van der Waals surface area contributed by atoms with E-state index in [-0.39, 0.29) is 24.2 Å². The maximum absolute atomic E-state index is 13.1. The molecule has 2 amide bonds. The van der Waals surface area contributed by atoms with E-state index in [1.54, 1.807) is 26.8 Å². The normalized spacial score (nSPS) is 21.9. The number of piperazine rings is 1. The van der Waals surface area contributed by atoms with Crippen molar-refractivity contribution in [2.45, 2.75) is 38.9 Å². The summed E-state index contributed by atoms with van der Waals surface area (Å²) in [5, 5.41) is 2.66. The van der Waals surface area contributed by atoms with Crippen molar-refractivity contribution in [2.24, 2.45) is 0 Å². The highest BCUT2D eigenvalue weighted by atomic mass is 79.9. The fourth-order valence-electron chi connectivity index (χ4n) is 2.16. The second-order valence-electron chi connectivity index (χ2n) is 5.41. The first-order valence-corrected chi connectivity index (χ1v) is 7.09. The van der Waals surface area contributed by atoms with E-state index >= 15 is 0 Å². The monoisotopic (exact) mass is 342 g/mol. The molecule has 1 unspecified atom stereocenters. The molecule has 1 atom stereocenters. The molecule has 0 radical (unpaired) electrons. The molecule has 0 aromatic heterocycles. The molecule has 1 heterocycles. The number of nitrogens with zero attached hydrogens (tertiary/aromatic N) is 1. The molecule has 1 N–H and O–H groups in total. The van der Waals surface area contributed by atoms with Crippen LogP contribution in [0.2, 0.25) is 0 Å². The minimum absolute atomic E-state index is 0.147. The van der Waals surface area contributed by atoms with E-state index in [1.807, 2.05) is 0 Å². The number of rotatable bonds is 2. The van der Waals surface area contributed by atoms with Crippen molar-refractivity contribution in [3.63, 3.8) is 0 Å². The van der Waals surface area contributed by atoms with Gasteiger partial charge in [-0.2, -0.15) is 0 Å². The van der Waals surface area contributed by atoms with Crippen molar-refractivity contribution in [2.75, 3.05) is 0 Å². The van der Waals surface area contributed by atoms with Crippen molar-refractivity contribution in [3.05, 3.63) is 34.1 Å². The molecule has 0 saturated carbocycles. The molecule has 1 aromatic rings. The van der Waals surface area contributed by atoms with Crippen molar-refractivity contribution in [1.82, 2.24) is 10.2 Å². The summed E-state index contributed by atoms with van der Waals surface area (Å²) in [5.74, 6) is -0.690. The highest BCUT2D eigenvalue weighted by Crippen LogP contribution is 2.27. The van der Waals surface area contributed by atoms with Gasteiger partial charge in [-0.3, -0.25) is 9.59 Å². The number of nitrogens with one attached hydrogen (secondary N) is 1. The molecule has 20 heavy (non-hydrogen) atoms. The molecular formula is C14H16BrFN2O2. The van der Waals surface area contributed by atoms with Crippen molar-refractivity contribution < 1.29 is 14.0 Å². The van der Waals surface area contributed by atoms with E-state index in [1.165, 1.54) is 17.0 Å². The summed E-state index contributed by atoms with van der Waals surface area (Å²) >= 11 is 3.28. The maximum atomic E-state index is 13.1. The highest BCUT2D eigenvalue weighted by Gasteiger charge is 2.44. The molecule has 2 rings (SSSR count). The van der Waals surface area contributed by atoms with E-state index in [0.29, 0.717) is 4.47 Å². The maximum Gasteiger partial charge on any atom is 0.246 e. The van der Waals surface area contributed by atoms with Gasteiger partial charge in [-0.1, -0.05) is 22.0 Å². The Morgan fingerprint density at radius 2 is 2.05 bits per heavy atom. The molecule has 4 nitrogen and oxygen atoms in total. The van der Waals surface area contributed by atoms with Gasteiger partial charge in [0.2, 0.25) is 11.8 Å². The van der Waals surface area contributed by atoms with E-state index in [0.717, 1.165) is 5.56 Å². The lowest BCUT2D eigenvalue weighted by Crippen LogP contribution is -2.67. The van der Waals surface area contributed by atoms with Gasteiger partial charge in [0.1, 0.15) is 17.4 Å². The minimum atomic E-state index is -0.933. The van der Waals surface area contributed by atoms with Gasteiger partial charge in [0, 0.05) is 11.0 Å². The quantitative estimate of drug-likeness (QED) is 0.895. The van der Waals surface area contributed by atoms with E-state index < -0.39 is 11.6 Å². The third-order valence-electron chi connectivity index (χ3n) is 3.56. The van der Waals surface area contributed by atoms with E-state index in [9.17, 15) is 14.0 Å². The summed E-state index contributed by atoms with van der Waals surface area (Å²) in [7, 11) is 0. The Morgan fingerprint density at radius 3 is 2.65 bits per heavy atom. The third-order valence-corrected chi connectivity index (χ3v) is 4.30. The zero-order valence-corrected chi connectivity index (χ0v) is 13.1. The number of amides is 2. The fraction of sp³-hybridized carbons (Fsp3) is 0.429. The van der Waals surface area contributed by atoms with Crippen molar-refractivity contribution in [3.8, 4) is 0 Å². The van der Waals surface area contributed by atoms with Crippen LogP contribution in [0.25, 0.3) is 0 Å². The van der Waals surface area contributed by atoms with Crippen LogP contribution in [0.3, 0.4) is 0 Å². The highest BCUT2D eigenvalue weighted by molar-refractivity contribution is 9.10. The van der Waals surface area contributed by atoms with E-state index in [2.05, 4.69) is 21.2 Å². The van der Waals surface area contributed by atoms with Crippen LogP contribution in [0.15, 0.2) is 22.7 Å². The second kappa shape index (κ2) is 5.16. The molecule has 0 aliphatic carbocycles. The topological polar surface area (TPSA) is 49.4 Å². The van der Waals surface area contributed by atoms with Crippen LogP contribution >= 0.6 is 15.9 Å². The van der Waals surface area contributed by atoms with Crippen LogP contribution in [0.1, 0.15) is 26.3 Å². The zero-order valence-electron chi connectivity index (χ0n) is 11.5. The lowest BCUT2D eigenvalue weighted by molar-refractivity contribution is -0.155. The molecular weight excluding hydrogens is 327 g/mol. The average molecular weight is 343 g/mol. The van der Waals surface area contributed by atoms with Crippen molar-refractivity contribution in [1.29, 1.82) is 0 Å². The third kappa shape index (κ3) is 2.57.